The molecule has 5 nitrogen and oxygen atoms in total. The zero-order valence-corrected chi connectivity index (χ0v) is 12.8. The molecule has 2 aromatic rings. The second kappa shape index (κ2) is 8.02. The number of ether oxygens (including phenoxy) is 2. The van der Waals surface area contributed by atoms with Crippen molar-refractivity contribution in [3.05, 3.63) is 48.2 Å². The molecule has 0 spiro atoms. The number of amides is 1. The summed E-state index contributed by atoms with van der Waals surface area (Å²) in [6, 6.07) is 11.1. The largest absolute Gasteiger partial charge is 0.497 e. The molecular formula is C17H20N2O3. The van der Waals surface area contributed by atoms with E-state index < -0.39 is 0 Å². The van der Waals surface area contributed by atoms with Gasteiger partial charge < -0.3 is 14.8 Å². The number of carbonyl (C=O) groups is 1. The molecule has 1 N–H and O–H groups in total. The highest BCUT2D eigenvalue weighted by atomic mass is 16.5. The van der Waals surface area contributed by atoms with Gasteiger partial charge in [0.15, 0.2) is 0 Å². The fourth-order valence-corrected chi connectivity index (χ4v) is 1.91. The first-order chi connectivity index (χ1) is 10.7. The lowest BCUT2D eigenvalue weighted by Gasteiger charge is -2.08. The number of rotatable bonds is 7. The van der Waals surface area contributed by atoms with Crippen LogP contribution in [0.25, 0.3) is 0 Å². The SMILES string of the molecule is COc1ccc(OCCCC(=O)Nc2ncccc2C)cc1. The van der Waals surface area contributed by atoms with Crippen LogP contribution < -0.4 is 14.8 Å². The molecule has 1 aromatic carbocycles. The van der Waals surface area contributed by atoms with Crippen LogP contribution in [0.2, 0.25) is 0 Å². The van der Waals surface area contributed by atoms with E-state index in [1.807, 2.05) is 43.3 Å². The highest BCUT2D eigenvalue weighted by molar-refractivity contribution is 5.90. The summed E-state index contributed by atoms with van der Waals surface area (Å²) in [5, 5.41) is 2.80. The van der Waals surface area contributed by atoms with Gasteiger partial charge in [0.05, 0.1) is 13.7 Å². The van der Waals surface area contributed by atoms with Crippen LogP contribution in [-0.4, -0.2) is 24.6 Å². The van der Waals surface area contributed by atoms with Gasteiger partial charge in [0, 0.05) is 12.6 Å². The van der Waals surface area contributed by atoms with E-state index >= 15 is 0 Å². The zero-order valence-electron chi connectivity index (χ0n) is 12.8. The Balaban J connectivity index is 1.69. The molecular weight excluding hydrogens is 280 g/mol. The molecule has 0 fully saturated rings. The van der Waals surface area contributed by atoms with E-state index in [0.717, 1.165) is 17.1 Å². The van der Waals surface area contributed by atoms with Gasteiger partial charge >= 0.3 is 0 Å². The average molecular weight is 300 g/mol. The number of hydrogen-bond donors (Lipinski definition) is 1. The summed E-state index contributed by atoms with van der Waals surface area (Å²) >= 11 is 0. The minimum absolute atomic E-state index is 0.0554. The molecule has 0 aliphatic rings. The topological polar surface area (TPSA) is 60.5 Å². The van der Waals surface area contributed by atoms with Crippen molar-refractivity contribution < 1.29 is 14.3 Å². The van der Waals surface area contributed by atoms with Crippen molar-refractivity contribution in [3.63, 3.8) is 0 Å². The number of nitrogens with zero attached hydrogens (tertiary/aromatic N) is 1. The molecule has 116 valence electrons. The van der Waals surface area contributed by atoms with Crippen LogP contribution in [0, 0.1) is 6.92 Å². The Kier molecular flexibility index (Phi) is 5.77. The van der Waals surface area contributed by atoms with Gasteiger partial charge in [0.2, 0.25) is 5.91 Å². The molecule has 1 amide bonds. The maximum atomic E-state index is 11.8. The van der Waals surface area contributed by atoms with Crippen molar-refractivity contribution in [2.24, 2.45) is 0 Å². The fourth-order valence-electron chi connectivity index (χ4n) is 1.91. The highest BCUT2D eigenvalue weighted by Crippen LogP contribution is 2.17. The number of carbonyl (C=O) groups excluding carboxylic acids is 1. The number of pyridine rings is 1. The summed E-state index contributed by atoms with van der Waals surface area (Å²) in [6.45, 7) is 2.40. The molecule has 0 bridgehead atoms. The average Bonchev–Trinajstić information content (AvgIpc) is 2.54. The second-order valence-corrected chi connectivity index (χ2v) is 4.84. The summed E-state index contributed by atoms with van der Waals surface area (Å²) in [5.41, 5.74) is 0.949. The lowest BCUT2D eigenvalue weighted by atomic mass is 10.2. The Morgan fingerprint density at radius 1 is 1.18 bits per heavy atom. The Hall–Kier alpha value is -2.56. The summed E-state index contributed by atoms with van der Waals surface area (Å²) in [4.78, 5) is 16.0. The number of methoxy groups -OCH3 is 1. The number of hydrogen-bond acceptors (Lipinski definition) is 4. The normalized spacial score (nSPS) is 10.1. The molecule has 0 saturated heterocycles. The van der Waals surface area contributed by atoms with E-state index in [0.29, 0.717) is 25.3 Å². The molecule has 0 atom stereocenters. The minimum Gasteiger partial charge on any atom is -0.497 e. The lowest BCUT2D eigenvalue weighted by molar-refractivity contribution is -0.116. The van der Waals surface area contributed by atoms with Crippen LogP contribution in [0.5, 0.6) is 11.5 Å². The van der Waals surface area contributed by atoms with Gasteiger partial charge in [-0.1, -0.05) is 6.07 Å². The maximum Gasteiger partial charge on any atom is 0.225 e. The van der Waals surface area contributed by atoms with Crippen LogP contribution in [0.15, 0.2) is 42.6 Å². The summed E-state index contributed by atoms with van der Waals surface area (Å²) < 4.78 is 10.7. The van der Waals surface area contributed by atoms with E-state index in [1.54, 1.807) is 13.3 Å². The van der Waals surface area contributed by atoms with Crippen molar-refractivity contribution in [3.8, 4) is 11.5 Å². The van der Waals surface area contributed by atoms with Crippen LogP contribution in [-0.2, 0) is 4.79 Å². The first-order valence-electron chi connectivity index (χ1n) is 7.17. The van der Waals surface area contributed by atoms with Crippen molar-refractivity contribution >= 4 is 11.7 Å². The molecule has 0 aliphatic heterocycles. The second-order valence-electron chi connectivity index (χ2n) is 4.84. The van der Waals surface area contributed by atoms with Gasteiger partial charge in [0.25, 0.3) is 0 Å². The van der Waals surface area contributed by atoms with E-state index in [-0.39, 0.29) is 5.91 Å². The quantitative estimate of drug-likeness (QED) is 0.798. The molecule has 2 rings (SSSR count). The molecule has 22 heavy (non-hydrogen) atoms. The monoisotopic (exact) mass is 300 g/mol. The molecule has 1 aromatic heterocycles. The minimum atomic E-state index is -0.0554. The fraction of sp³-hybridized carbons (Fsp3) is 0.294. The molecule has 1 heterocycles. The number of aryl methyl sites for hydroxylation is 1. The predicted molar refractivity (Wildman–Crippen MR) is 85.3 cm³/mol. The zero-order chi connectivity index (χ0) is 15.8. The Labute approximate surface area is 130 Å². The van der Waals surface area contributed by atoms with E-state index in [2.05, 4.69) is 10.3 Å². The molecule has 0 aliphatic carbocycles. The number of nitrogens with one attached hydrogen (secondary N) is 1. The summed E-state index contributed by atoms with van der Waals surface area (Å²) in [5.74, 6) is 2.11. The van der Waals surface area contributed by atoms with Crippen molar-refractivity contribution in [2.75, 3.05) is 19.0 Å². The predicted octanol–water partition coefficient (Wildman–Crippen LogP) is 3.20. The third kappa shape index (κ3) is 4.77. The molecule has 0 saturated carbocycles. The van der Waals surface area contributed by atoms with Crippen LogP contribution in [0.3, 0.4) is 0 Å². The van der Waals surface area contributed by atoms with Crippen LogP contribution in [0.1, 0.15) is 18.4 Å². The maximum absolute atomic E-state index is 11.8. The third-order valence-electron chi connectivity index (χ3n) is 3.14. The summed E-state index contributed by atoms with van der Waals surface area (Å²) in [7, 11) is 1.62. The smallest absolute Gasteiger partial charge is 0.225 e. The molecule has 0 unspecified atom stereocenters. The van der Waals surface area contributed by atoms with Crippen LogP contribution in [0.4, 0.5) is 5.82 Å². The first-order valence-corrected chi connectivity index (χ1v) is 7.17. The van der Waals surface area contributed by atoms with Crippen LogP contribution >= 0.6 is 0 Å². The van der Waals surface area contributed by atoms with E-state index in [4.69, 9.17) is 9.47 Å². The van der Waals surface area contributed by atoms with Gasteiger partial charge in [-0.25, -0.2) is 4.98 Å². The Bertz CT molecular complexity index is 612. The standard InChI is InChI=1S/C17H20N2O3/c1-13-5-3-11-18-17(13)19-16(20)6-4-12-22-15-9-7-14(21-2)8-10-15/h3,5,7-11H,4,6,12H2,1-2H3,(H,18,19,20). The van der Waals surface area contributed by atoms with Gasteiger partial charge in [-0.3, -0.25) is 4.79 Å². The number of benzene rings is 1. The molecule has 0 radical (unpaired) electrons. The van der Waals surface area contributed by atoms with Gasteiger partial charge in [-0.15, -0.1) is 0 Å². The van der Waals surface area contributed by atoms with E-state index in [1.165, 1.54) is 0 Å². The molecule has 5 heteroatoms. The first kappa shape index (κ1) is 15.8. The number of aromatic nitrogens is 1. The number of anilines is 1. The van der Waals surface area contributed by atoms with E-state index in [9.17, 15) is 4.79 Å². The third-order valence-corrected chi connectivity index (χ3v) is 3.14. The summed E-state index contributed by atoms with van der Waals surface area (Å²) in [6.07, 6.45) is 2.70. The van der Waals surface area contributed by atoms with Crippen molar-refractivity contribution in [2.45, 2.75) is 19.8 Å². The Morgan fingerprint density at radius 3 is 2.59 bits per heavy atom. The Morgan fingerprint density at radius 2 is 1.91 bits per heavy atom. The lowest BCUT2D eigenvalue weighted by Crippen LogP contribution is -2.14. The highest BCUT2D eigenvalue weighted by Gasteiger charge is 2.05. The van der Waals surface area contributed by atoms with Gasteiger partial charge in [-0.2, -0.15) is 0 Å². The van der Waals surface area contributed by atoms with Gasteiger partial charge in [-0.05, 0) is 49.2 Å². The van der Waals surface area contributed by atoms with Crippen molar-refractivity contribution in [1.82, 2.24) is 4.98 Å². The van der Waals surface area contributed by atoms with Crippen molar-refractivity contribution in [1.29, 1.82) is 0 Å². The van der Waals surface area contributed by atoms with Gasteiger partial charge in [0.1, 0.15) is 17.3 Å².